The zero-order valence-electron chi connectivity index (χ0n) is 10.3. The van der Waals surface area contributed by atoms with Crippen molar-refractivity contribution >= 4 is 21.8 Å². The number of carbonyl (C=O) groups is 1. The first-order valence-corrected chi connectivity index (χ1v) is 6.37. The predicted octanol–water partition coefficient (Wildman–Crippen LogP) is 2.53. The molecule has 19 heavy (non-hydrogen) atoms. The highest BCUT2D eigenvalue weighted by Gasteiger charge is 2.09. The number of hydrazine groups is 1. The standard InChI is InChI=1S/C13H13BrN2O3/c1-8-4-10(14)2-3-12(8)19-7-11-5-9(6-18-11)13(17)16-15/h2-6H,7,15H2,1H3,(H,16,17). The summed E-state index contributed by atoms with van der Waals surface area (Å²) in [4.78, 5) is 11.3. The molecule has 0 saturated heterocycles. The number of hydrogen-bond acceptors (Lipinski definition) is 4. The van der Waals surface area contributed by atoms with Crippen LogP contribution >= 0.6 is 15.9 Å². The Morgan fingerprint density at radius 1 is 1.47 bits per heavy atom. The molecule has 0 aliphatic rings. The van der Waals surface area contributed by atoms with E-state index in [4.69, 9.17) is 15.0 Å². The van der Waals surface area contributed by atoms with Crippen LogP contribution in [0.2, 0.25) is 0 Å². The van der Waals surface area contributed by atoms with E-state index < -0.39 is 5.91 Å². The zero-order valence-corrected chi connectivity index (χ0v) is 11.9. The van der Waals surface area contributed by atoms with E-state index in [9.17, 15) is 4.79 Å². The Hall–Kier alpha value is -1.79. The van der Waals surface area contributed by atoms with E-state index in [1.165, 1.54) is 6.26 Å². The van der Waals surface area contributed by atoms with Crippen LogP contribution in [-0.2, 0) is 6.61 Å². The van der Waals surface area contributed by atoms with E-state index >= 15 is 0 Å². The second kappa shape index (κ2) is 5.90. The maximum absolute atomic E-state index is 11.3. The van der Waals surface area contributed by atoms with Gasteiger partial charge in [0.05, 0.1) is 5.56 Å². The van der Waals surface area contributed by atoms with Gasteiger partial charge in [0, 0.05) is 4.47 Å². The van der Waals surface area contributed by atoms with E-state index in [0.717, 1.165) is 15.8 Å². The summed E-state index contributed by atoms with van der Waals surface area (Å²) in [5.41, 5.74) is 3.42. The van der Waals surface area contributed by atoms with Crippen LogP contribution in [0.5, 0.6) is 5.75 Å². The maximum atomic E-state index is 11.3. The molecule has 2 aromatic rings. The molecule has 0 aliphatic carbocycles. The van der Waals surface area contributed by atoms with Crippen molar-refractivity contribution in [3.63, 3.8) is 0 Å². The molecule has 6 heteroatoms. The van der Waals surface area contributed by atoms with Gasteiger partial charge in [-0.1, -0.05) is 15.9 Å². The average molecular weight is 325 g/mol. The molecular formula is C13H13BrN2O3. The first kappa shape index (κ1) is 13.6. The number of ether oxygens (including phenoxy) is 1. The molecule has 1 heterocycles. The zero-order chi connectivity index (χ0) is 13.8. The Morgan fingerprint density at radius 2 is 2.26 bits per heavy atom. The lowest BCUT2D eigenvalue weighted by molar-refractivity contribution is 0.0953. The first-order chi connectivity index (χ1) is 9.10. The van der Waals surface area contributed by atoms with Crippen LogP contribution in [0, 0.1) is 6.92 Å². The molecule has 1 aromatic heterocycles. The van der Waals surface area contributed by atoms with E-state index in [1.54, 1.807) is 6.07 Å². The molecular weight excluding hydrogens is 312 g/mol. The van der Waals surface area contributed by atoms with E-state index in [2.05, 4.69) is 15.9 Å². The molecule has 3 N–H and O–H groups in total. The number of nitrogens with two attached hydrogens (primary N) is 1. The summed E-state index contributed by atoms with van der Waals surface area (Å²) in [6, 6.07) is 7.33. The molecule has 0 fully saturated rings. The third-order valence-electron chi connectivity index (χ3n) is 2.55. The number of nitrogens with one attached hydrogen (secondary N) is 1. The minimum Gasteiger partial charge on any atom is -0.485 e. The summed E-state index contributed by atoms with van der Waals surface area (Å²) in [5.74, 6) is 5.97. The van der Waals surface area contributed by atoms with Crippen LogP contribution in [-0.4, -0.2) is 5.91 Å². The van der Waals surface area contributed by atoms with Crippen LogP contribution in [0.4, 0.5) is 0 Å². The van der Waals surface area contributed by atoms with Crippen LogP contribution < -0.4 is 16.0 Å². The lowest BCUT2D eigenvalue weighted by atomic mass is 10.2. The highest BCUT2D eigenvalue weighted by Crippen LogP contribution is 2.23. The normalized spacial score (nSPS) is 10.3. The molecule has 0 unspecified atom stereocenters. The molecule has 0 bridgehead atoms. The van der Waals surface area contributed by atoms with Gasteiger partial charge in [-0.25, -0.2) is 5.84 Å². The van der Waals surface area contributed by atoms with Crippen molar-refractivity contribution in [3.8, 4) is 5.75 Å². The maximum Gasteiger partial charge on any atom is 0.268 e. The molecule has 1 aromatic carbocycles. The Morgan fingerprint density at radius 3 is 2.95 bits per heavy atom. The van der Waals surface area contributed by atoms with Crippen molar-refractivity contribution in [1.82, 2.24) is 5.43 Å². The fraction of sp³-hybridized carbons (Fsp3) is 0.154. The van der Waals surface area contributed by atoms with Gasteiger partial charge in [0.1, 0.15) is 24.4 Å². The highest BCUT2D eigenvalue weighted by molar-refractivity contribution is 9.10. The highest BCUT2D eigenvalue weighted by atomic mass is 79.9. The Labute approximate surface area is 118 Å². The summed E-state index contributed by atoms with van der Waals surface area (Å²) in [6.45, 7) is 2.20. The van der Waals surface area contributed by atoms with E-state index in [-0.39, 0.29) is 6.61 Å². The molecule has 0 atom stereocenters. The number of hydrogen-bond donors (Lipinski definition) is 2. The van der Waals surface area contributed by atoms with Crippen LogP contribution in [0.1, 0.15) is 21.7 Å². The van der Waals surface area contributed by atoms with Crippen LogP contribution in [0.3, 0.4) is 0 Å². The molecule has 2 rings (SSSR count). The first-order valence-electron chi connectivity index (χ1n) is 5.57. The quantitative estimate of drug-likeness (QED) is 0.514. The van der Waals surface area contributed by atoms with Crippen molar-refractivity contribution in [1.29, 1.82) is 0 Å². The van der Waals surface area contributed by atoms with Gasteiger partial charge in [0.25, 0.3) is 5.91 Å². The van der Waals surface area contributed by atoms with Gasteiger partial charge in [-0.3, -0.25) is 10.2 Å². The molecule has 5 nitrogen and oxygen atoms in total. The number of carbonyl (C=O) groups excluding carboxylic acids is 1. The van der Waals surface area contributed by atoms with Crippen LogP contribution in [0.25, 0.3) is 0 Å². The summed E-state index contributed by atoms with van der Waals surface area (Å²) in [5, 5.41) is 0. The topological polar surface area (TPSA) is 77.5 Å². The van der Waals surface area contributed by atoms with Gasteiger partial charge < -0.3 is 9.15 Å². The van der Waals surface area contributed by atoms with E-state index in [0.29, 0.717) is 11.3 Å². The second-order valence-electron chi connectivity index (χ2n) is 3.97. The Bertz CT molecular complexity index is 595. The van der Waals surface area contributed by atoms with Gasteiger partial charge in [-0.15, -0.1) is 0 Å². The lowest BCUT2D eigenvalue weighted by Gasteiger charge is -2.07. The fourth-order valence-corrected chi connectivity index (χ4v) is 2.06. The van der Waals surface area contributed by atoms with Crippen molar-refractivity contribution < 1.29 is 13.9 Å². The summed E-state index contributed by atoms with van der Waals surface area (Å²) >= 11 is 3.39. The minimum absolute atomic E-state index is 0.250. The Balaban J connectivity index is 2.02. The predicted molar refractivity (Wildman–Crippen MR) is 73.6 cm³/mol. The number of aryl methyl sites for hydroxylation is 1. The van der Waals surface area contributed by atoms with Crippen molar-refractivity contribution in [3.05, 3.63) is 51.9 Å². The fourth-order valence-electron chi connectivity index (χ4n) is 1.58. The van der Waals surface area contributed by atoms with Gasteiger partial charge in [-0.2, -0.15) is 0 Å². The van der Waals surface area contributed by atoms with Crippen molar-refractivity contribution in [2.75, 3.05) is 0 Å². The Kier molecular flexibility index (Phi) is 4.24. The molecule has 0 spiro atoms. The number of benzene rings is 1. The third-order valence-corrected chi connectivity index (χ3v) is 3.05. The molecule has 0 saturated carbocycles. The number of nitrogen functional groups attached to an aromatic ring is 1. The smallest absolute Gasteiger partial charge is 0.268 e. The van der Waals surface area contributed by atoms with Crippen molar-refractivity contribution in [2.24, 2.45) is 5.84 Å². The number of amides is 1. The second-order valence-corrected chi connectivity index (χ2v) is 4.89. The number of furan rings is 1. The van der Waals surface area contributed by atoms with Crippen molar-refractivity contribution in [2.45, 2.75) is 13.5 Å². The van der Waals surface area contributed by atoms with Gasteiger partial charge >= 0.3 is 0 Å². The summed E-state index contributed by atoms with van der Waals surface area (Å²) in [7, 11) is 0. The minimum atomic E-state index is -0.394. The summed E-state index contributed by atoms with van der Waals surface area (Å²) < 4.78 is 11.8. The molecule has 0 aliphatic heterocycles. The largest absolute Gasteiger partial charge is 0.485 e. The van der Waals surface area contributed by atoms with Gasteiger partial charge in [-0.05, 0) is 36.8 Å². The molecule has 0 radical (unpaired) electrons. The average Bonchev–Trinajstić information content (AvgIpc) is 2.85. The van der Waals surface area contributed by atoms with Crippen LogP contribution in [0.15, 0.2) is 39.4 Å². The van der Waals surface area contributed by atoms with Gasteiger partial charge in [0.15, 0.2) is 0 Å². The lowest BCUT2D eigenvalue weighted by Crippen LogP contribution is -2.29. The van der Waals surface area contributed by atoms with Gasteiger partial charge in [0.2, 0.25) is 0 Å². The SMILES string of the molecule is Cc1cc(Br)ccc1OCc1cc(C(=O)NN)co1. The third kappa shape index (κ3) is 3.36. The number of rotatable bonds is 4. The summed E-state index contributed by atoms with van der Waals surface area (Å²) in [6.07, 6.45) is 1.34. The molecule has 100 valence electrons. The monoisotopic (exact) mass is 324 g/mol. The van der Waals surface area contributed by atoms with E-state index in [1.807, 2.05) is 30.5 Å². The number of halogens is 1. The molecule has 1 amide bonds.